The third-order valence-corrected chi connectivity index (χ3v) is 4.20. The van der Waals surface area contributed by atoms with Crippen LogP contribution in [-0.2, 0) is 6.42 Å². The minimum atomic E-state index is -0.392. The molecule has 2 unspecified atom stereocenters. The maximum absolute atomic E-state index is 10.7. The number of hydrogen-bond acceptors (Lipinski definition) is 3. The molecule has 2 atom stereocenters. The van der Waals surface area contributed by atoms with E-state index in [0.29, 0.717) is 6.04 Å². The van der Waals surface area contributed by atoms with Gasteiger partial charge in [0.1, 0.15) is 5.75 Å². The largest absolute Gasteiger partial charge is 0.497 e. The van der Waals surface area contributed by atoms with Crippen LogP contribution < -0.4 is 4.74 Å². The van der Waals surface area contributed by atoms with Gasteiger partial charge in [-0.25, -0.2) is 0 Å². The molecule has 0 saturated heterocycles. The van der Waals surface area contributed by atoms with Gasteiger partial charge in [0.05, 0.1) is 13.2 Å². The second-order valence-electron chi connectivity index (χ2n) is 5.54. The molecule has 0 amide bonds. The highest BCUT2D eigenvalue weighted by Crippen LogP contribution is 2.35. The van der Waals surface area contributed by atoms with Crippen LogP contribution in [0.25, 0.3) is 0 Å². The Morgan fingerprint density at radius 1 is 1.42 bits per heavy atom. The Balaban J connectivity index is 2.26. The summed E-state index contributed by atoms with van der Waals surface area (Å²) in [5, 5.41) is 10.7. The molecule has 0 bridgehead atoms. The average Bonchev–Trinajstić information content (AvgIpc) is 2.41. The minimum absolute atomic E-state index is 0.228. The van der Waals surface area contributed by atoms with Gasteiger partial charge in [-0.2, -0.15) is 0 Å². The smallest absolute Gasteiger partial charge is 0.119 e. The molecule has 0 aromatic heterocycles. The Kier molecular flexibility index (Phi) is 4.48. The first kappa shape index (κ1) is 14.4. The van der Waals surface area contributed by atoms with E-state index in [1.165, 1.54) is 5.56 Å². The highest BCUT2D eigenvalue weighted by atomic mass is 16.5. The number of ether oxygens (including phenoxy) is 1. The van der Waals surface area contributed by atoms with E-state index < -0.39 is 6.10 Å². The molecule has 0 saturated carbocycles. The minimum Gasteiger partial charge on any atom is -0.497 e. The van der Waals surface area contributed by atoms with Gasteiger partial charge in [-0.05, 0) is 56.5 Å². The summed E-state index contributed by atoms with van der Waals surface area (Å²) in [5.41, 5.74) is 2.29. The van der Waals surface area contributed by atoms with Crippen molar-refractivity contribution in [2.45, 2.75) is 51.8 Å². The zero-order chi connectivity index (χ0) is 14.0. The van der Waals surface area contributed by atoms with Crippen LogP contribution in [-0.4, -0.2) is 35.7 Å². The van der Waals surface area contributed by atoms with E-state index in [0.717, 1.165) is 30.7 Å². The molecule has 0 radical (unpaired) electrons. The van der Waals surface area contributed by atoms with Crippen molar-refractivity contribution in [3.8, 4) is 5.75 Å². The van der Waals surface area contributed by atoms with Gasteiger partial charge in [0.2, 0.25) is 0 Å². The number of rotatable bonds is 4. The van der Waals surface area contributed by atoms with Crippen molar-refractivity contribution < 1.29 is 9.84 Å². The Bertz CT molecular complexity index is 431. The Labute approximate surface area is 116 Å². The van der Waals surface area contributed by atoms with Crippen LogP contribution >= 0.6 is 0 Å². The number of methoxy groups -OCH3 is 1. The van der Waals surface area contributed by atoms with Crippen molar-refractivity contribution in [1.29, 1.82) is 0 Å². The predicted octanol–water partition coefficient (Wildman–Crippen LogP) is 2.77. The molecule has 0 aliphatic heterocycles. The summed E-state index contributed by atoms with van der Waals surface area (Å²) in [7, 11) is 1.68. The molecule has 2 rings (SSSR count). The maximum Gasteiger partial charge on any atom is 0.119 e. The van der Waals surface area contributed by atoms with Crippen molar-refractivity contribution in [3.05, 3.63) is 29.3 Å². The molecule has 0 fully saturated rings. The average molecular weight is 263 g/mol. The molecular formula is C16H25NO2. The van der Waals surface area contributed by atoms with Crippen molar-refractivity contribution in [3.63, 3.8) is 0 Å². The van der Waals surface area contributed by atoms with Crippen LogP contribution in [0, 0.1) is 0 Å². The summed E-state index contributed by atoms with van der Waals surface area (Å²) in [6, 6.07) is 6.70. The van der Waals surface area contributed by atoms with Gasteiger partial charge in [-0.15, -0.1) is 0 Å². The van der Waals surface area contributed by atoms with E-state index in [4.69, 9.17) is 4.74 Å². The number of fused-ring (bicyclic) bond motifs is 1. The van der Waals surface area contributed by atoms with Crippen molar-refractivity contribution in [2.24, 2.45) is 0 Å². The van der Waals surface area contributed by atoms with Crippen LogP contribution in [0.1, 0.15) is 44.4 Å². The van der Waals surface area contributed by atoms with Gasteiger partial charge in [0, 0.05) is 12.1 Å². The van der Waals surface area contributed by atoms with Crippen molar-refractivity contribution in [1.82, 2.24) is 4.90 Å². The summed E-state index contributed by atoms with van der Waals surface area (Å²) in [6.45, 7) is 7.53. The van der Waals surface area contributed by atoms with E-state index >= 15 is 0 Å². The van der Waals surface area contributed by atoms with E-state index in [1.54, 1.807) is 7.11 Å². The Morgan fingerprint density at radius 3 is 2.74 bits per heavy atom. The van der Waals surface area contributed by atoms with Crippen LogP contribution in [0.4, 0.5) is 0 Å². The maximum atomic E-state index is 10.7. The molecule has 0 spiro atoms. The van der Waals surface area contributed by atoms with Crippen molar-refractivity contribution in [2.75, 3.05) is 13.7 Å². The first-order valence-electron chi connectivity index (χ1n) is 7.19. The highest BCUT2D eigenvalue weighted by Gasteiger charge is 2.32. The molecule has 106 valence electrons. The fourth-order valence-corrected chi connectivity index (χ4v) is 3.21. The SMILES string of the molecule is CCN(C(C)C)C1CCc2cc(OC)ccc2C1O. The molecule has 1 aliphatic carbocycles. The topological polar surface area (TPSA) is 32.7 Å². The van der Waals surface area contributed by atoms with Crippen molar-refractivity contribution >= 4 is 0 Å². The number of aliphatic hydroxyl groups is 1. The van der Waals surface area contributed by atoms with E-state index in [-0.39, 0.29) is 6.04 Å². The summed E-state index contributed by atoms with van der Waals surface area (Å²) in [5.74, 6) is 0.876. The number of nitrogens with zero attached hydrogens (tertiary/aromatic N) is 1. The third-order valence-electron chi connectivity index (χ3n) is 4.20. The lowest BCUT2D eigenvalue weighted by atomic mass is 9.84. The molecule has 1 aromatic rings. The second kappa shape index (κ2) is 5.93. The fourth-order valence-electron chi connectivity index (χ4n) is 3.21. The number of hydrogen-bond donors (Lipinski definition) is 1. The van der Waals surface area contributed by atoms with Gasteiger partial charge < -0.3 is 9.84 Å². The number of aliphatic hydroxyl groups excluding tert-OH is 1. The third kappa shape index (κ3) is 2.77. The lowest BCUT2D eigenvalue weighted by Crippen LogP contribution is -2.45. The molecule has 3 heteroatoms. The Hall–Kier alpha value is -1.06. The monoisotopic (exact) mass is 263 g/mol. The van der Waals surface area contributed by atoms with Gasteiger partial charge in [-0.3, -0.25) is 4.90 Å². The highest BCUT2D eigenvalue weighted by molar-refractivity contribution is 5.39. The van der Waals surface area contributed by atoms with Gasteiger partial charge in [0.25, 0.3) is 0 Å². The van der Waals surface area contributed by atoms with Gasteiger partial charge in [-0.1, -0.05) is 13.0 Å². The standard InChI is InChI=1S/C16H25NO2/c1-5-17(11(2)3)15-9-6-12-10-13(19-4)7-8-14(12)16(15)18/h7-8,10-11,15-16,18H,5-6,9H2,1-4H3. The summed E-state index contributed by atoms with van der Waals surface area (Å²) in [4.78, 5) is 2.39. The molecule has 1 aliphatic rings. The van der Waals surface area contributed by atoms with Crippen LogP contribution in [0.3, 0.4) is 0 Å². The summed E-state index contributed by atoms with van der Waals surface area (Å²) < 4.78 is 5.26. The Morgan fingerprint density at radius 2 is 2.16 bits per heavy atom. The van der Waals surface area contributed by atoms with Crippen LogP contribution in [0.2, 0.25) is 0 Å². The first-order chi connectivity index (χ1) is 9.08. The first-order valence-corrected chi connectivity index (χ1v) is 7.19. The normalized spacial score (nSPS) is 22.7. The van der Waals surface area contributed by atoms with E-state index in [9.17, 15) is 5.11 Å². The molecule has 0 heterocycles. The van der Waals surface area contributed by atoms with Gasteiger partial charge >= 0.3 is 0 Å². The van der Waals surface area contributed by atoms with E-state index in [1.807, 2.05) is 12.1 Å². The number of aryl methyl sites for hydroxylation is 1. The lowest BCUT2D eigenvalue weighted by Gasteiger charge is -2.40. The van der Waals surface area contributed by atoms with Crippen LogP contribution in [0.5, 0.6) is 5.75 Å². The van der Waals surface area contributed by atoms with E-state index in [2.05, 4.69) is 31.7 Å². The number of benzene rings is 1. The van der Waals surface area contributed by atoms with Gasteiger partial charge in [0.15, 0.2) is 0 Å². The van der Waals surface area contributed by atoms with Crippen LogP contribution in [0.15, 0.2) is 18.2 Å². The zero-order valence-electron chi connectivity index (χ0n) is 12.4. The molecular weight excluding hydrogens is 238 g/mol. The zero-order valence-corrected chi connectivity index (χ0v) is 12.4. The fraction of sp³-hybridized carbons (Fsp3) is 0.625. The molecule has 3 nitrogen and oxygen atoms in total. The molecule has 1 N–H and O–H groups in total. The quantitative estimate of drug-likeness (QED) is 0.906. The summed E-state index contributed by atoms with van der Waals surface area (Å²) in [6.07, 6.45) is 1.63. The number of likely N-dealkylation sites (N-methyl/N-ethyl adjacent to an activating group) is 1. The lowest BCUT2D eigenvalue weighted by molar-refractivity contribution is 0.0223. The second-order valence-corrected chi connectivity index (χ2v) is 5.54. The predicted molar refractivity (Wildman–Crippen MR) is 77.6 cm³/mol. The molecule has 1 aromatic carbocycles. The molecule has 19 heavy (non-hydrogen) atoms. The summed E-state index contributed by atoms with van der Waals surface area (Å²) >= 11 is 0.